The number of aryl methyl sites for hydroxylation is 1. The highest BCUT2D eigenvalue weighted by Gasteiger charge is 2.44. The molecule has 2 aliphatic rings. The number of hydrogen-bond donors (Lipinski definition) is 0. The number of ether oxygens (including phenoxy) is 1. The second-order valence-electron chi connectivity index (χ2n) is 3.17. The highest BCUT2D eigenvalue weighted by atomic mass is 16.6. The van der Waals surface area contributed by atoms with Crippen LogP contribution in [0.3, 0.4) is 0 Å². The molecule has 1 aromatic heterocycles. The molecule has 0 aromatic carbocycles. The number of hydrogen-bond acceptors (Lipinski definition) is 2. The van der Waals surface area contributed by atoms with Crippen molar-refractivity contribution >= 4 is 0 Å². The molecule has 0 spiro atoms. The van der Waals surface area contributed by atoms with Crippen molar-refractivity contribution in [2.24, 2.45) is 0 Å². The SMILES string of the molecule is c1cnc2c(c1)[C@@H]1O[C@@H]1CC2. The van der Waals surface area contributed by atoms with E-state index in [1.807, 2.05) is 12.3 Å². The zero-order valence-corrected chi connectivity index (χ0v) is 6.16. The largest absolute Gasteiger partial charge is 0.364 e. The first-order valence-corrected chi connectivity index (χ1v) is 4.04. The van der Waals surface area contributed by atoms with Crippen LogP contribution in [0.5, 0.6) is 0 Å². The van der Waals surface area contributed by atoms with Crippen LogP contribution in [-0.2, 0) is 11.2 Å². The van der Waals surface area contributed by atoms with Crippen molar-refractivity contribution in [3.63, 3.8) is 0 Å². The van der Waals surface area contributed by atoms with Gasteiger partial charge in [-0.1, -0.05) is 6.07 Å². The van der Waals surface area contributed by atoms with E-state index < -0.39 is 0 Å². The van der Waals surface area contributed by atoms with Crippen LogP contribution in [0.15, 0.2) is 18.3 Å². The second-order valence-corrected chi connectivity index (χ2v) is 3.17. The molecule has 1 aromatic rings. The summed E-state index contributed by atoms with van der Waals surface area (Å²) in [6.45, 7) is 0. The van der Waals surface area contributed by atoms with Crippen molar-refractivity contribution in [2.45, 2.75) is 25.0 Å². The first kappa shape index (κ1) is 5.72. The summed E-state index contributed by atoms with van der Waals surface area (Å²) < 4.78 is 5.46. The molecule has 3 rings (SSSR count). The van der Waals surface area contributed by atoms with Crippen LogP contribution in [0.1, 0.15) is 23.8 Å². The minimum Gasteiger partial charge on any atom is -0.364 e. The predicted octanol–water partition coefficient (Wildman–Crippen LogP) is 1.47. The number of rotatable bonds is 0. The lowest BCUT2D eigenvalue weighted by molar-refractivity contribution is 0.373. The van der Waals surface area contributed by atoms with Crippen molar-refractivity contribution in [2.75, 3.05) is 0 Å². The van der Waals surface area contributed by atoms with Crippen molar-refractivity contribution < 1.29 is 4.74 Å². The summed E-state index contributed by atoms with van der Waals surface area (Å²) in [6.07, 6.45) is 5.03. The lowest BCUT2D eigenvalue weighted by Gasteiger charge is -2.08. The maximum absolute atomic E-state index is 5.46. The fourth-order valence-electron chi connectivity index (χ4n) is 1.83. The van der Waals surface area contributed by atoms with Crippen molar-refractivity contribution in [1.82, 2.24) is 4.98 Å². The van der Waals surface area contributed by atoms with E-state index in [2.05, 4.69) is 11.1 Å². The number of epoxide rings is 1. The van der Waals surface area contributed by atoms with Crippen molar-refractivity contribution in [1.29, 1.82) is 0 Å². The fraction of sp³-hybridized carbons (Fsp3) is 0.444. The van der Waals surface area contributed by atoms with Gasteiger partial charge in [0.05, 0.1) is 6.10 Å². The number of aromatic nitrogens is 1. The van der Waals surface area contributed by atoms with E-state index in [4.69, 9.17) is 4.74 Å². The normalized spacial score (nSPS) is 32.4. The lowest BCUT2D eigenvalue weighted by Crippen LogP contribution is -2.05. The van der Waals surface area contributed by atoms with Gasteiger partial charge in [0.15, 0.2) is 0 Å². The van der Waals surface area contributed by atoms with Gasteiger partial charge in [-0.25, -0.2) is 0 Å². The maximum Gasteiger partial charge on any atom is 0.111 e. The Morgan fingerprint density at radius 3 is 3.55 bits per heavy atom. The predicted molar refractivity (Wildman–Crippen MR) is 40.2 cm³/mol. The Kier molecular flexibility index (Phi) is 0.950. The number of fused-ring (bicyclic) bond motifs is 3. The summed E-state index contributed by atoms with van der Waals surface area (Å²) in [4.78, 5) is 4.32. The van der Waals surface area contributed by atoms with E-state index in [0.29, 0.717) is 12.2 Å². The van der Waals surface area contributed by atoms with Gasteiger partial charge in [0.2, 0.25) is 0 Å². The van der Waals surface area contributed by atoms with Crippen LogP contribution in [0.25, 0.3) is 0 Å². The lowest BCUT2D eigenvalue weighted by atomic mass is 9.96. The average Bonchev–Trinajstić information content (AvgIpc) is 2.83. The van der Waals surface area contributed by atoms with Gasteiger partial charge in [-0.05, 0) is 18.9 Å². The summed E-state index contributed by atoms with van der Waals surface area (Å²) in [7, 11) is 0. The number of pyridine rings is 1. The molecule has 0 amide bonds. The first-order valence-electron chi connectivity index (χ1n) is 4.04. The Bertz CT molecular complexity index is 297. The standard InChI is InChI=1S/C9H9NO/c1-2-6-7(10-5-1)3-4-8-9(6)11-8/h1-2,5,8-9H,3-4H2/t8-,9+/m1/s1. The maximum atomic E-state index is 5.46. The molecule has 0 radical (unpaired) electrons. The molecule has 11 heavy (non-hydrogen) atoms. The Labute approximate surface area is 65.2 Å². The van der Waals surface area contributed by atoms with Gasteiger partial charge in [0.25, 0.3) is 0 Å². The Morgan fingerprint density at radius 1 is 1.55 bits per heavy atom. The minimum atomic E-state index is 0.396. The first-order chi connectivity index (χ1) is 5.45. The van der Waals surface area contributed by atoms with Crippen molar-refractivity contribution in [3.05, 3.63) is 29.6 Å². The fourth-order valence-corrected chi connectivity index (χ4v) is 1.83. The van der Waals surface area contributed by atoms with Crippen molar-refractivity contribution in [3.8, 4) is 0 Å². The van der Waals surface area contributed by atoms with Gasteiger partial charge in [0, 0.05) is 17.5 Å². The van der Waals surface area contributed by atoms with E-state index >= 15 is 0 Å². The third kappa shape index (κ3) is 0.730. The summed E-state index contributed by atoms with van der Waals surface area (Å²) in [5, 5.41) is 0. The topological polar surface area (TPSA) is 25.4 Å². The van der Waals surface area contributed by atoms with Gasteiger partial charge < -0.3 is 4.74 Å². The highest BCUT2D eigenvalue weighted by Crippen LogP contribution is 2.45. The Morgan fingerprint density at radius 2 is 2.55 bits per heavy atom. The smallest absolute Gasteiger partial charge is 0.111 e. The molecule has 0 bridgehead atoms. The molecular formula is C9H9NO. The third-order valence-electron chi connectivity index (χ3n) is 2.48. The highest BCUT2D eigenvalue weighted by molar-refractivity contribution is 5.30. The van der Waals surface area contributed by atoms with E-state index in [-0.39, 0.29) is 0 Å². The Hall–Kier alpha value is -0.890. The molecule has 2 nitrogen and oxygen atoms in total. The average molecular weight is 147 g/mol. The molecule has 2 heterocycles. The Balaban J connectivity index is 2.14. The quantitative estimate of drug-likeness (QED) is 0.519. The summed E-state index contributed by atoms with van der Waals surface area (Å²) in [5.74, 6) is 0. The molecule has 1 aliphatic heterocycles. The third-order valence-corrected chi connectivity index (χ3v) is 2.48. The van der Waals surface area contributed by atoms with Crippen LogP contribution in [-0.4, -0.2) is 11.1 Å². The van der Waals surface area contributed by atoms with Crippen LogP contribution in [0.2, 0.25) is 0 Å². The molecule has 0 unspecified atom stereocenters. The zero-order valence-electron chi connectivity index (χ0n) is 6.16. The molecule has 1 fully saturated rings. The van der Waals surface area contributed by atoms with Crippen LogP contribution in [0, 0.1) is 0 Å². The van der Waals surface area contributed by atoms with Gasteiger partial charge in [0.1, 0.15) is 6.10 Å². The van der Waals surface area contributed by atoms with E-state index in [1.165, 1.54) is 11.3 Å². The van der Waals surface area contributed by atoms with E-state index in [0.717, 1.165) is 12.8 Å². The van der Waals surface area contributed by atoms with Gasteiger partial charge in [-0.15, -0.1) is 0 Å². The van der Waals surface area contributed by atoms with Gasteiger partial charge >= 0.3 is 0 Å². The molecule has 2 heteroatoms. The molecule has 1 saturated heterocycles. The van der Waals surface area contributed by atoms with Gasteiger partial charge in [-0.2, -0.15) is 0 Å². The van der Waals surface area contributed by atoms with Crippen LogP contribution < -0.4 is 0 Å². The molecular weight excluding hydrogens is 138 g/mol. The zero-order chi connectivity index (χ0) is 7.26. The molecule has 0 N–H and O–H groups in total. The summed E-state index contributed by atoms with van der Waals surface area (Å²) in [6, 6.07) is 4.12. The minimum absolute atomic E-state index is 0.396. The number of nitrogens with zero attached hydrogens (tertiary/aromatic N) is 1. The molecule has 56 valence electrons. The molecule has 2 atom stereocenters. The van der Waals surface area contributed by atoms with E-state index in [1.54, 1.807) is 0 Å². The van der Waals surface area contributed by atoms with E-state index in [9.17, 15) is 0 Å². The van der Waals surface area contributed by atoms with Gasteiger partial charge in [-0.3, -0.25) is 4.98 Å². The summed E-state index contributed by atoms with van der Waals surface area (Å²) >= 11 is 0. The van der Waals surface area contributed by atoms with Crippen LogP contribution >= 0.6 is 0 Å². The molecule has 0 saturated carbocycles. The molecule has 1 aliphatic carbocycles. The van der Waals surface area contributed by atoms with Crippen LogP contribution in [0.4, 0.5) is 0 Å². The monoisotopic (exact) mass is 147 g/mol. The second kappa shape index (κ2) is 1.83. The summed E-state index contributed by atoms with van der Waals surface area (Å²) in [5.41, 5.74) is 2.56.